The summed E-state index contributed by atoms with van der Waals surface area (Å²) in [7, 11) is -3.73. The molecule has 1 N–H and O–H groups in total. The van der Waals surface area contributed by atoms with Crippen molar-refractivity contribution in [2.24, 2.45) is 0 Å². The van der Waals surface area contributed by atoms with Gasteiger partial charge in [0.2, 0.25) is 15.2 Å². The number of anilines is 1. The van der Waals surface area contributed by atoms with Crippen molar-refractivity contribution in [3.05, 3.63) is 64.7 Å². The van der Waals surface area contributed by atoms with Crippen molar-refractivity contribution < 1.29 is 17.9 Å². The number of thioether (sulfide) groups is 1. The van der Waals surface area contributed by atoms with Gasteiger partial charge in [-0.2, -0.15) is 4.31 Å². The first kappa shape index (κ1) is 26.1. The number of nitrogens with zero attached hydrogens (tertiary/aromatic N) is 3. The highest BCUT2D eigenvalue weighted by molar-refractivity contribution is 8.00. The molecule has 0 spiro atoms. The van der Waals surface area contributed by atoms with E-state index in [2.05, 4.69) is 15.5 Å². The molecule has 0 radical (unpaired) electrons. The van der Waals surface area contributed by atoms with Gasteiger partial charge in [0.05, 0.1) is 23.6 Å². The lowest BCUT2D eigenvalue weighted by Gasteiger charge is -2.34. The maximum absolute atomic E-state index is 13.1. The molecule has 0 saturated carbocycles. The van der Waals surface area contributed by atoms with Crippen LogP contribution >= 0.6 is 34.7 Å². The lowest BCUT2D eigenvalue weighted by molar-refractivity contribution is -0.0440. The Hall–Kier alpha value is -2.02. The molecule has 0 bridgehead atoms. The molecule has 3 aromatic rings. The summed E-state index contributed by atoms with van der Waals surface area (Å²) in [5, 5.41) is 12.4. The Kier molecular flexibility index (Phi) is 8.46. The van der Waals surface area contributed by atoms with Crippen molar-refractivity contribution in [2.45, 2.75) is 41.0 Å². The van der Waals surface area contributed by atoms with E-state index in [4.69, 9.17) is 16.3 Å². The molecule has 2 atom stereocenters. The topological polar surface area (TPSA) is 101 Å². The smallest absolute Gasteiger partial charge is 0.243 e. The first-order valence-corrected chi connectivity index (χ1v) is 14.6. The van der Waals surface area contributed by atoms with Crippen LogP contribution in [-0.4, -0.2) is 60.5 Å². The second-order valence-electron chi connectivity index (χ2n) is 8.14. The Balaban J connectivity index is 1.36. The number of morpholine rings is 1. The molecule has 8 nitrogen and oxygen atoms in total. The molecule has 2 unspecified atom stereocenters. The van der Waals surface area contributed by atoms with E-state index in [9.17, 15) is 13.2 Å². The van der Waals surface area contributed by atoms with Crippen LogP contribution in [0.2, 0.25) is 5.02 Å². The zero-order valence-electron chi connectivity index (χ0n) is 19.2. The van der Waals surface area contributed by atoms with Crippen LogP contribution in [0.4, 0.5) is 5.13 Å². The number of ketones is 1. The van der Waals surface area contributed by atoms with Gasteiger partial charge in [-0.15, -0.1) is 10.2 Å². The average molecular weight is 553 g/mol. The standard InChI is InChI=1S/C23H25ClN4O4S3/c1-15-12-28(13-16(2)32-15)35(30,31)19-8-5-7-17(10-19)21(29)11-25-22-26-27-23(34-22)33-14-18-6-3-4-9-20(18)24/h3-10,15-16H,11-14H2,1-2H3,(H,25,26). The SMILES string of the molecule is CC1CN(S(=O)(=O)c2cccc(C(=O)CNc3nnc(SCc4ccccc4Cl)s3)c2)CC(C)O1. The first-order chi connectivity index (χ1) is 16.7. The van der Waals surface area contributed by atoms with Crippen molar-refractivity contribution in [1.82, 2.24) is 14.5 Å². The Labute approximate surface area is 218 Å². The minimum atomic E-state index is -3.73. The molecule has 2 heterocycles. The summed E-state index contributed by atoms with van der Waals surface area (Å²) >= 11 is 9.05. The van der Waals surface area contributed by atoms with Crippen LogP contribution in [0.15, 0.2) is 57.8 Å². The quantitative estimate of drug-likeness (QED) is 0.304. The van der Waals surface area contributed by atoms with Gasteiger partial charge in [0.15, 0.2) is 10.1 Å². The van der Waals surface area contributed by atoms with Crippen LogP contribution in [0.3, 0.4) is 0 Å². The number of carbonyl (C=O) groups is 1. The maximum atomic E-state index is 13.1. The van der Waals surface area contributed by atoms with Crippen molar-refractivity contribution in [3.63, 3.8) is 0 Å². The van der Waals surface area contributed by atoms with Crippen LogP contribution in [-0.2, 0) is 20.5 Å². The third-order valence-corrected chi connectivity index (χ3v) is 9.55. The number of aromatic nitrogens is 2. The molecule has 1 aromatic heterocycles. The molecule has 4 rings (SSSR count). The number of nitrogens with one attached hydrogen (secondary N) is 1. The molecule has 1 aliphatic rings. The zero-order valence-corrected chi connectivity index (χ0v) is 22.4. The third kappa shape index (κ3) is 6.60. The molecule has 0 amide bonds. The van der Waals surface area contributed by atoms with Crippen molar-refractivity contribution in [3.8, 4) is 0 Å². The van der Waals surface area contributed by atoms with E-state index in [1.54, 1.807) is 12.1 Å². The predicted octanol–water partition coefficient (Wildman–Crippen LogP) is 4.58. The average Bonchev–Trinajstić information content (AvgIpc) is 3.29. The highest BCUT2D eigenvalue weighted by Crippen LogP contribution is 2.30. The maximum Gasteiger partial charge on any atom is 0.243 e. The molecular formula is C23H25ClN4O4S3. The Morgan fingerprint density at radius 1 is 1.17 bits per heavy atom. The van der Waals surface area contributed by atoms with Gasteiger partial charge in [0.1, 0.15) is 0 Å². The molecule has 0 aliphatic carbocycles. The van der Waals surface area contributed by atoms with E-state index in [0.29, 0.717) is 21.5 Å². The fraction of sp³-hybridized carbons (Fsp3) is 0.348. The molecular weight excluding hydrogens is 528 g/mol. The van der Waals surface area contributed by atoms with Gasteiger partial charge in [-0.3, -0.25) is 4.79 Å². The van der Waals surface area contributed by atoms with Crippen molar-refractivity contribution in [1.29, 1.82) is 0 Å². The number of rotatable bonds is 9. The van der Waals surface area contributed by atoms with Gasteiger partial charge in [0, 0.05) is 29.4 Å². The first-order valence-electron chi connectivity index (χ1n) is 10.9. The summed E-state index contributed by atoms with van der Waals surface area (Å²) in [5.74, 6) is 0.418. The molecule has 1 fully saturated rings. The summed E-state index contributed by atoms with van der Waals surface area (Å²) in [5.41, 5.74) is 1.32. The van der Waals surface area contributed by atoms with E-state index in [1.807, 2.05) is 38.1 Å². The van der Waals surface area contributed by atoms with Crippen LogP contribution in [0.5, 0.6) is 0 Å². The summed E-state index contributed by atoms with van der Waals surface area (Å²) in [4.78, 5) is 12.9. The zero-order chi connectivity index (χ0) is 25.0. The van der Waals surface area contributed by atoms with Gasteiger partial charge < -0.3 is 10.1 Å². The number of benzene rings is 2. The lowest BCUT2D eigenvalue weighted by atomic mass is 10.1. The summed E-state index contributed by atoms with van der Waals surface area (Å²) in [6.45, 7) is 4.22. The van der Waals surface area contributed by atoms with Gasteiger partial charge >= 0.3 is 0 Å². The van der Waals surface area contributed by atoms with Crippen molar-refractivity contribution in [2.75, 3.05) is 25.0 Å². The predicted molar refractivity (Wildman–Crippen MR) is 139 cm³/mol. The number of carbonyl (C=O) groups excluding carboxylic acids is 1. The third-order valence-electron chi connectivity index (χ3n) is 5.30. The Bertz CT molecular complexity index is 1290. The molecule has 12 heteroatoms. The van der Waals surface area contributed by atoms with E-state index in [-0.39, 0.29) is 42.5 Å². The lowest BCUT2D eigenvalue weighted by Crippen LogP contribution is -2.48. The summed E-state index contributed by atoms with van der Waals surface area (Å²) in [6, 6.07) is 13.8. The monoisotopic (exact) mass is 552 g/mol. The molecule has 1 aliphatic heterocycles. The normalized spacial score (nSPS) is 18.9. The number of hydrogen-bond acceptors (Lipinski definition) is 9. The molecule has 2 aromatic carbocycles. The largest absolute Gasteiger partial charge is 0.373 e. The van der Waals surface area contributed by atoms with Gasteiger partial charge in [-0.25, -0.2) is 8.42 Å². The fourth-order valence-corrected chi connectivity index (χ4v) is 7.33. The van der Waals surface area contributed by atoms with Crippen LogP contribution in [0.1, 0.15) is 29.8 Å². The molecule has 1 saturated heterocycles. The Morgan fingerprint density at radius 3 is 2.66 bits per heavy atom. The molecule has 35 heavy (non-hydrogen) atoms. The number of halogens is 1. The highest BCUT2D eigenvalue weighted by Gasteiger charge is 2.32. The van der Waals surface area contributed by atoms with Gasteiger partial charge in [-0.05, 0) is 37.6 Å². The highest BCUT2D eigenvalue weighted by atomic mass is 35.5. The second-order valence-corrected chi connectivity index (χ2v) is 12.7. The minimum Gasteiger partial charge on any atom is -0.373 e. The van der Waals surface area contributed by atoms with E-state index in [0.717, 1.165) is 9.90 Å². The summed E-state index contributed by atoms with van der Waals surface area (Å²) in [6.07, 6.45) is -0.385. The van der Waals surface area contributed by atoms with Crippen LogP contribution in [0.25, 0.3) is 0 Å². The van der Waals surface area contributed by atoms with E-state index in [1.165, 1.54) is 39.5 Å². The van der Waals surface area contributed by atoms with Gasteiger partial charge in [0.25, 0.3) is 0 Å². The minimum absolute atomic E-state index is 0.0288. The van der Waals surface area contributed by atoms with Crippen LogP contribution < -0.4 is 5.32 Å². The number of ether oxygens (including phenoxy) is 1. The van der Waals surface area contributed by atoms with Crippen LogP contribution in [0, 0.1) is 0 Å². The number of sulfonamides is 1. The number of hydrogen-bond donors (Lipinski definition) is 1. The fourth-order valence-electron chi connectivity index (χ4n) is 3.66. The van der Waals surface area contributed by atoms with E-state index < -0.39 is 10.0 Å². The molecule has 186 valence electrons. The summed E-state index contributed by atoms with van der Waals surface area (Å²) < 4.78 is 34.1. The van der Waals surface area contributed by atoms with Crippen molar-refractivity contribution >= 4 is 55.6 Å². The van der Waals surface area contributed by atoms with E-state index >= 15 is 0 Å². The number of Topliss-reactive ketones (excluding diaryl/α,β-unsaturated/α-hetero) is 1. The Morgan fingerprint density at radius 2 is 1.91 bits per heavy atom. The van der Waals surface area contributed by atoms with Gasteiger partial charge in [-0.1, -0.05) is 65.0 Å². The second kappa shape index (κ2) is 11.4.